The normalized spacial score (nSPS) is 11.8. The van der Waals surface area contributed by atoms with Gasteiger partial charge in [-0.05, 0) is 36.8 Å². The minimum Gasteiger partial charge on any atom is -0.385 e. The lowest BCUT2D eigenvalue weighted by atomic mass is 10.1. The van der Waals surface area contributed by atoms with E-state index >= 15 is 0 Å². The zero-order chi connectivity index (χ0) is 15.4. The highest BCUT2D eigenvalue weighted by atomic mass is 19.1. The van der Waals surface area contributed by atoms with Crippen molar-refractivity contribution in [2.24, 2.45) is 0 Å². The average Bonchev–Trinajstić information content (AvgIpc) is 2.47. The first kappa shape index (κ1) is 15.0. The Bertz CT molecular complexity index is 641. The molecule has 2 aromatic carbocycles. The first-order valence-corrected chi connectivity index (χ1v) is 6.55. The molecule has 2 N–H and O–H groups in total. The van der Waals surface area contributed by atoms with Crippen molar-refractivity contribution >= 4 is 11.6 Å². The summed E-state index contributed by atoms with van der Waals surface area (Å²) in [6.07, 6.45) is 0. The number of carbonyl (C=O) groups is 1. The van der Waals surface area contributed by atoms with Gasteiger partial charge in [-0.2, -0.15) is 0 Å². The van der Waals surface area contributed by atoms with Gasteiger partial charge in [0.1, 0.15) is 11.6 Å². The van der Waals surface area contributed by atoms with E-state index in [2.05, 4.69) is 10.6 Å². The molecule has 0 fully saturated rings. The van der Waals surface area contributed by atoms with Crippen LogP contribution in [-0.4, -0.2) is 13.0 Å². The summed E-state index contributed by atoms with van der Waals surface area (Å²) in [5.74, 6) is -1.21. The number of rotatable bonds is 4. The number of halogens is 2. The maximum atomic E-state index is 13.6. The van der Waals surface area contributed by atoms with Crippen molar-refractivity contribution in [3.8, 4) is 0 Å². The first-order valence-electron chi connectivity index (χ1n) is 6.55. The average molecular weight is 290 g/mol. The fourth-order valence-corrected chi connectivity index (χ4v) is 2.08. The number of amides is 1. The summed E-state index contributed by atoms with van der Waals surface area (Å²) in [6.45, 7) is 1.78. The number of carbonyl (C=O) groups excluding carboxylic acids is 1. The Morgan fingerprint density at radius 3 is 2.38 bits per heavy atom. The van der Waals surface area contributed by atoms with Gasteiger partial charge < -0.3 is 10.6 Å². The monoisotopic (exact) mass is 290 g/mol. The van der Waals surface area contributed by atoms with Crippen molar-refractivity contribution in [1.82, 2.24) is 5.32 Å². The van der Waals surface area contributed by atoms with Crippen molar-refractivity contribution < 1.29 is 13.6 Å². The summed E-state index contributed by atoms with van der Waals surface area (Å²) in [7, 11) is 1.55. The molecule has 0 bridgehead atoms. The smallest absolute Gasteiger partial charge is 0.253 e. The molecule has 0 radical (unpaired) electrons. The summed E-state index contributed by atoms with van der Waals surface area (Å²) in [6, 6.07) is 9.86. The number of para-hydroxylation sites is 1. The van der Waals surface area contributed by atoms with Crippen LogP contribution in [0.25, 0.3) is 0 Å². The largest absolute Gasteiger partial charge is 0.385 e. The van der Waals surface area contributed by atoms with Gasteiger partial charge in [0.15, 0.2) is 0 Å². The number of hydrogen-bond acceptors (Lipinski definition) is 2. The fourth-order valence-electron chi connectivity index (χ4n) is 2.08. The molecule has 0 heterocycles. The van der Waals surface area contributed by atoms with E-state index in [1.54, 1.807) is 32.2 Å². The maximum Gasteiger partial charge on any atom is 0.253 e. The van der Waals surface area contributed by atoms with E-state index in [0.717, 1.165) is 5.56 Å². The lowest BCUT2D eigenvalue weighted by Gasteiger charge is -2.16. The summed E-state index contributed by atoms with van der Waals surface area (Å²) in [4.78, 5) is 12.2. The molecule has 1 atom stereocenters. The predicted molar refractivity (Wildman–Crippen MR) is 78.2 cm³/mol. The van der Waals surface area contributed by atoms with Crippen LogP contribution in [0.2, 0.25) is 0 Å². The van der Waals surface area contributed by atoms with Crippen LogP contribution >= 0.6 is 0 Å². The van der Waals surface area contributed by atoms with Gasteiger partial charge in [0, 0.05) is 7.05 Å². The van der Waals surface area contributed by atoms with Crippen LogP contribution in [0.5, 0.6) is 0 Å². The molecule has 0 saturated carbocycles. The zero-order valence-electron chi connectivity index (χ0n) is 11.8. The Labute approximate surface area is 122 Å². The van der Waals surface area contributed by atoms with E-state index in [9.17, 15) is 13.6 Å². The fraction of sp³-hybridized carbons (Fsp3) is 0.188. The van der Waals surface area contributed by atoms with Gasteiger partial charge in [-0.3, -0.25) is 4.79 Å². The summed E-state index contributed by atoms with van der Waals surface area (Å²) in [5.41, 5.74) is 1.15. The van der Waals surface area contributed by atoms with Gasteiger partial charge in [-0.1, -0.05) is 18.2 Å². The molecule has 0 aromatic heterocycles. The van der Waals surface area contributed by atoms with E-state index in [-0.39, 0.29) is 23.1 Å². The van der Waals surface area contributed by atoms with Gasteiger partial charge in [-0.25, -0.2) is 8.78 Å². The molecule has 2 aromatic rings. The molecule has 0 aliphatic rings. The first-order chi connectivity index (χ1) is 10.0. The second kappa shape index (κ2) is 6.35. The molecule has 2 rings (SSSR count). The highest BCUT2D eigenvalue weighted by Crippen LogP contribution is 2.20. The van der Waals surface area contributed by atoms with Gasteiger partial charge >= 0.3 is 0 Å². The second-order valence-electron chi connectivity index (χ2n) is 4.66. The van der Waals surface area contributed by atoms with E-state index < -0.39 is 11.7 Å². The number of benzene rings is 2. The zero-order valence-corrected chi connectivity index (χ0v) is 11.8. The Morgan fingerprint density at radius 1 is 1.10 bits per heavy atom. The van der Waals surface area contributed by atoms with Crippen LogP contribution in [0.4, 0.5) is 14.5 Å². The molecule has 110 valence electrons. The van der Waals surface area contributed by atoms with Gasteiger partial charge in [0.2, 0.25) is 0 Å². The van der Waals surface area contributed by atoms with Crippen molar-refractivity contribution in [1.29, 1.82) is 0 Å². The molecule has 1 amide bonds. The third kappa shape index (κ3) is 3.37. The van der Waals surface area contributed by atoms with Gasteiger partial charge in [0.25, 0.3) is 5.91 Å². The molecule has 3 nitrogen and oxygen atoms in total. The van der Waals surface area contributed by atoms with Crippen LogP contribution in [0.1, 0.15) is 28.9 Å². The Kier molecular flexibility index (Phi) is 4.52. The summed E-state index contributed by atoms with van der Waals surface area (Å²) < 4.78 is 26.5. The molecule has 5 heteroatoms. The van der Waals surface area contributed by atoms with Crippen molar-refractivity contribution in [3.63, 3.8) is 0 Å². The van der Waals surface area contributed by atoms with Crippen molar-refractivity contribution in [2.75, 3.05) is 12.4 Å². The molecule has 0 aliphatic carbocycles. The maximum absolute atomic E-state index is 13.6. The van der Waals surface area contributed by atoms with E-state index in [0.29, 0.717) is 0 Å². The highest BCUT2D eigenvalue weighted by Gasteiger charge is 2.16. The van der Waals surface area contributed by atoms with Crippen molar-refractivity contribution in [2.45, 2.75) is 13.0 Å². The van der Waals surface area contributed by atoms with Crippen LogP contribution in [0.15, 0.2) is 42.5 Å². The Hall–Kier alpha value is -2.43. The van der Waals surface area contributed by atoms with E-state index in [4.69, 9.17) is 0 Å². The lowest BCUT2D eigenvalue weighted by Crippen LogP contribution is -2.27. The van der Waals surface area contributed by atoms with Gasteiger partial charge in [-0.15, -0.1) is 0 Å². The Balaban J connectivity index is 2.18. The third-order valence-corrected chi connectivity index (χ3v) is 3.23. The topological polar surface area (TPSA) is 41.1 Å². The molecule has 0 aliphatic heterocycles. The molecule has 21 heavy (non-hydrogen) atoms. The van der Waals surface area contributed by atoms with Crippen LogP contribution in [0, 0.1) is 11.6 Å². The van der Waals surface area contributed by atoms with E-state index in [1.807, 2.05) is 0 Å². The minimum absolute atomic E-state index is 0.154. The third-order valence-electron chi connectivity index (χ3n) is 3.23. The molecular formula is C16H16F2N2O. The summed E-state index contributed by atoms with van der Waals surface area (Å²) in [5, 5.41) is 5.45. The van der Waals surface area contributed by atoms with E-state index in [1.165, 1.54) is 24.3 Å². The summed E-state index contributed by atoms with van der Waals surface area (Å²) >= 11 is 0. The predicted octanol–water partition coefficient (Wildman–Crippen LogP) is 3.50. The van der Waals surface area contributed by atoms with Crippen LogP contribution < -0.4 is 10.6 Å². The SMILES string of the molecule is CNc1c(F)cccc1C(=O)NC(C)c1ccc(F)cc1. The van der Waals surface area contributed by atoms with Crippen molar-refractivity contribution in [3.05, 3.63) is 65.2 Å². The van der Waals surface area contributed by atoms with Crippen LogP contribution in [0.3, 0.4) is 0 Å². The van der Waals surface area contributed by atoms with Crippen LogP contribution in [-0.2, 0) is 0 Å². The molecular weight excluding hydrogens is 274 g/mol. The minimum atomic E-state index is -0.486. The number of nitrogens with one attached hydrogen (secondary N) is 2. The lowest BCUT2D eigenvalue weighted by molar-refractivity contribution is 0.0940. The Morgan fingerprint density at radius 2 is 1.76 bits per heavy atom. The highest BCUT2D eigenvalue weighted by molar-refractivity contribution is 5.99. The molecule has 0 saturated heterocycles. The van der Waals surface area contributed by atoms with Gasteiger partial charge in [0.05, 0.1) is 17.3 Å². The standard InChI is InChI=1S/C16H16F2N2O/c1-10(11-6-8-12(17)9-7-11)20-16(21)13-4-3-5-14(18)15(13)19-2/h3-10,19H,1-2H3,(H,20,21). The number of anilines is 1. The number of hydrogen-bond donors (Lipinski definition) is 2. The quantitative estimate of drug-likeness (QED) is 0.905. The molecule has 1 unspecified atom stereocenters. The second-order valence-corrected chi connectivity index (χ2v) is 4.66. The molecule has 0 spiro atoms.